The van der Waals surface area contributed by atoms with Crippen molar-refractivity contribution < 1.29 is 5.11 Å². The quantitative estimate of drug-likeness (QED) is 0.603. The van der Waals surface area contributed by atoms with E-state index in [0.29, 0.717) is 13.0 Å². The lowest BCUT2D eigenvalue weighted by molar-refractivity contribution is 0.277. The Morgan fingerprint density at radius 3 is 2.78 bits per heavy atom. The van der Waals surface area contributed by atoms with Crippen LogP contribution in [0.1, 0.15) is 29.7 Å². The zero-order chi connectivity index (χ0) is 16.2. The van der Waals surface area contributed by atoms with E-state index < -0.39 is 0 Å². The van der Waals surface area contributed by atoms with Crippen molar-refractivity contribution in [2.75, 3.05) is 6.61 Å². The van der Waals surface area contributed by atoms with Crippen LogP contribution in [0.3, 0.4) is 0 Å². The predicted octanol–water partition coefficient (Wildman–Crippen LogP) is 3.17. The van der Waals surface area contributed by atoms with Gasteiger partial charge in [0.1, 0.15) is 5.03 Å². The third-order valence-electron chi connectivity index (χ3n) is 4.03. The van der Waals surface area contributed by atoms with E-state index in [0.717, 1.165) is 40.2 Å². The maximum atomic E-state index is 12.3. The summed E-state index contributed by atoms with van der Waals surface area (Å²) in [6.45, 7) is 0.656. The summed E-state index contributed by atoms with van der Waals surface area (Å²) in [6, 6.07) is 8.22. The van der Waals surface area contributed by atoms with Gasteiger partial charge < -0.3 is 5.11 Å². The molecule has 0 unspecified atom stereocenters. The molecule has 0 fully saturated rings. The van der Waals surface area contributed by atoms with Gasteiger partial charge in [0, 0.05) is 34.6 Å². The Morgan fingerprint density at radius 2 is 2.04 bits per heavy atom. The van der Waals surface area contributed by atoms with Gasteiger partial charge in [-0.05, 0) is 43.4 Å². The third-order valence-corrected chi connectivity index (χ3v) is 5.65. The van der Waals surface area contributed by atoms with Crippen molar-refractivity contribution in [3.63, 3.8) is 0 Å². The van der Waals surface area contributed by atoms with Gasteiger partial charge in [0.25, 0.3) is 0 Å². The average Bonchev–Trinajstić information content (AvgIpc) is 3.03. The van der Waals surface area contributed by atoms with Gasteiger partial charge in [-0.15, -0.1) is 11.8 Å². The molecule has 0 bridgehead atoms. The Bertz CT molecular complexity index is 743. The van der Waals surface area contributed by atoms with Crippen LogP contribution in [-0.2, 0) is 25.1 Å². The summed E-state index contributed by atoms with van der Waals surface area (Å²) in [6.07, 6.45) is 3.60. The van der Waals surface area contributed by atoms with Crippen molar-refractivity contribution in [1.29, 1.82) is 0 Å². The van der Waals surface area contributed by atoms with E-state index in [1.54, 1.807) is 16.3 Å². The molecule has 1 aliphatic carbocycles. The monoisotopic (exact) mass is 394 g/mol. The molecule has 1 aliphatic rings. The number of aliphatic hydroxyl groups excluding tert-OH is 1. The zero-order valence-electron chi connectivity index (χ0n) is 12.8. The molecule has 1 N–H and O–H groups in total. The van der Waals surface area contributed by atoms with Crippen molar-refractivity contribution in [3.05, 3.63) is 56.0 Å². The van der Waals surface area contributed by atoms with Crippen molar-refractivity contribution >= 4 is 27.7 Å². The van der Waals surface area contributed by atoms with Crippen LogP contribution in [0.4, 0.5) is 0 Å². The summed E-state index contributed by atoms with van der Waals surface area (Å²) in [5.74, 6) is 0.812. The molecule has 3 rings (SSSR count). The average molecular weight is 395 g/mol. The van der Waals surface area contributed by atoms with Crippen molar-refractivity contribution in [3.8, 4) is 0 Å². The molecule has 1 aromatic heterocycles. The van der Waals surface area contributed by atoms with Gasteiger partial charge in [0.15, 0.2) is 0 Å². The Labute approximate surface area is 148 Å². The molecule has 0 saturated heterocycles. The van der Waals surface area contributed by atoms with Gasteiger partial charge in [-0.25, -0.2) is 4.79 Å². The number of hydrogen-bond donors (Lipinski definition) is 1. The molecule has 0 saturated carbocycles. The van der Waals surface area contributed by atoms with Gasteiger partial charge >= 0.3 is 5.69 Å². The number of aromatic nitrogens is 2. The fraction of sp³-hybridized carbons (Fsp3) is 0.412. The van der Waals surface area contributed by atoms with Crippen LogP contribution in [0.5, 0.6) is 0 Å². The maximum Gasteiger partial charge on any atom is 0.348 e. The van der Waals surface area contributed by atoms with Crippen LogP contribution < -0.4 is 5.69 Å². The second-order valence-corrected chi connectivity index (χ2v) is 7.50. The van der Waals surface area contributed by atoms with Crippen LogP contribution >= 0.6 is 27.7 Å². The van der Waals surface area contributed by atoms with E-state index >= 15 is 0 Å². The molecule has 122 valence electrons. The highest BCUT2D eigenvalue weighted by atomic mass is 79.9. The normalized spacial score (nSPS) is 13.3. The van der Waals surface area contributed by atoms with E-state index in [9.17, 15) is 4.79 Å². The predicted molar refractivity (Wildman–Crippen MR) is 95.9 cm³/mol. The molecule has 1 heterocycles. The second kappa shape index (κ2) is 7.64. The molecule has 23 heavy (non-hydrogen) atoms. The third kappa shape index (κ3) is 3.87. The fourth-order valence-corrected chi connectivity index (χ4v) is 4.19. The first-order valence-electron chi connectivity index (χ1n) is 7.79. The largest absolute Gasteiger partial charge is 0.396 e. The Morgan fingerprint density at radius 1 is 1.26 bits per heavy atom. The number of thioether (sulfide) groups is 1. The molecule has 0 amide bonds. The maximum absolute atomic E-state index is 12.3. The lowest BCUT2D eigenvalue weighted by Crippen LogP contribution is -2.27. The minimum Gasteiger partial charge on any atom is -0.396 e. The van der Waals surface area contributed by atoms with E-state index in [1.807, 2.05) is 12.1 Å². The Balaban J connectivity index is 1.83. The number of rotatable bonds is 6. The van der Waals surface area contributed by atoms with Crippen LogP contribution in [0.2, 0.25) is 0 Å². The van der Waals surface area contributed by atoms with Gasteiger partial charge in [-0.2, -0.15) is 4.98 Å². The van der Waals surface area contributed by atoms with E-state index in [2.05, 4.69) is 33.0 Å². The highest BCUT2D eigenvalue weighted by molar-refractivity contribution is 9.10. The van der Waals surface area contributed by atoms with E-state index in [-0.39, 0.29) is 12.3 Å². The standard InChI is InChI=1S/C17H19BrN2O2S/c18-13-7-5-12(6-8-13)11-23-16-14-3-1-4-15(14)20(9-2-10-21)17(22)19-16/h5-8,21H,1-4,9-11H2. The number of hydrogen-bond acceptors (Lipinski definition) is 4. The van der Waals surface area contributed by atoms with Crippen molar-refractivity contribution in [1.82, 2.24) is 9.55 Å². The highest BCUT2D eigenvalue weighted by Gasteiger charge is 2.21. The molecule has 2 aromatic rings. The van der Waals surface area contributed by atoms with Gasteiger partial charge in [-0.1, -0.05) is 28.1 Å². The van der Waals surface area contributed by atoms with Crippen molar-refractivity contribution in [2.24, 2.45) is 0 Å². The van der Waals surface area contributed by atoms with Gasteiger partial charge in [-0.3, -0.25) is 4.57 Å². The molecule has 0 spiro atoms. The highest BCUT2D eigenvalue weighted by Crippen LogP contribution is 2.31. The summed E-state index contributed by atoms with van der Waals surface area (Å²) < 4.78 is 2.82. The number of benzene rings is 1. The molecular formula is C17H19BrN2O2S. The SMILES string of the molecule is O=c1nc(SCc2ccc(Br)cc2)c2c(n1CCCO)CCC2. The lowest BCUT2D eigenvalue weighted by Gasteiger charge is -2.13. The molecule has 6 heteroatoms. The smallest absolute Gasteiger partial charge is 0.348 e. The van der Waals surface area contributed by atoms with Crippen LogP contribution in [0.15, 0.2) is 38.6 Å². The zero-order valence-corrected chi connectivity index (χ0v) is 15.2. The Hall–Kier alpha value is -1.11. The number of aliphatic hydroxyl groups is 1. The molecule has 1 aromatic carbocycles. The van der Waals surface area contributed by atoms with Crippen molar-refractivity contribution in [2.45, 2.75) is 43.0 Å². The van der Waals surface area contributed by atoms with E-state index in [1.165, 1.54) is 11.1 Å². The first-order chi connectivity index (χ1) is 11.2. The molecule has 0 aliphatic heterocycles. The number of halogens is 1. The summed E-state index contributed by atoms with van der Waals surface area (Å²) in [4.78, 5) is 16.6. The summed E-state index contributed by atoms with van der Waals surface area (Å²) in [5.41, 5.74) is 3.38. The Kier molecular flexibility index (Phi) is 5.56. The topological polar surface area (TPSA) is 55.1 Å². The number of nitrogens with zero attached hydrogens (tertiary/aromatic N) is 2. The number of fused-ring (bicyclic) bond motifs is 1. The van der Waals surface area contributed by atoms with Crippen LogP contribution in [0, 0.1) is 0 Å². The summed E-state index contributed by atoms with van der Waals surface area (Å²) in [5, 5.41) is 9.89. The van der Waals surface area contributed by atoms with E-state index in [4.69, 9.17) is 5.11 Å². The fourth-order valence-electron chi connectivity index (χ4n) is 2.90. The minimum atomic E-state index is -0.183. The lowest BCUT2D eigenvalue weighted by atomic mass is 10.2. The molecule has 0 atom stereocenters. The van der Waals surface area contributed by atoms with Gasteiger partial charge in [0.2, 0.25) is 0 Å². The molecule has 4 nitrogen and oxygen atoms in total. The second-order valence-electron chi connectivity index (χ2n) is 5.62. The first-order valence-corrected chi connectivity index (χ1v) is 9.57. The van der Waals surface area contributed by atoms with Crippen LogP contribution in [0.25, 0.3) is 0 Å². The molecular weight excluding hydrogens is 376 g/mol. The first kappa shape index (κ1) is 16.7. The summed E-state index contributed by atoms with van der Waals surface area (Å²) in [7, 11) is 0. The minimum absolute atomic E-state index is 0.0985. The molecule has 0 radical (unpaired) electrons. The summed E-state index contributed by atoms with van der Waals surface area (Å²) >= 11 is 5.08. The van der Waals surface area contributed by atoms with Crippen LogP contribution in [-0.4, -0.2) is 21.3 Å². The van der Waals surface area contributed by atoms with Gasteiger partial charge in [0.05, 0.1) is 0 Å².